The molecule has 1 heterocycles. The average molecular weight is 364 g/mol. The van der Waals surface area contributed by atoms with Gasteiger partial charge in [-0.3, -0.25) is 14.9 Å². The molecule has 3 amide bonds. The van der Waals surface area contributed by atoms with Gasteiger partial charge in [0.05, 0.1) is 16.2 Å². The molecular weight excluding hydrogens is 342 g/mol. The minimum atomic E-state index is -0.850. The number of para-hydroxylation sites is 1. The summed E-state index contributed by atoms with van der Waals surface area (Å²) < 4.78 is 1.75. The summed E-state index contributed by atoms with van der Waals surface area (Å²) in [7, 11) is 0. The predicted molar refractivity (Wildman–Crippen MR) is 97.7 cm³/mol. The topological polar surface area (TPSA) is 93.2 Å². The van der Waals surface area contributed by atoms with Crippen LogP contribution in [0.1, 0.15) is 42.5 Å². The molecule has 0 bridgehead atoms. The summed E-state index contributed by atoms with van der Waals surface area (Å²) in [5, 5.41) is 5.56. The van der Waals surface area contributed by atoms with Gasteiger partial charge in [0.2, 0.25) is 0 Å². The highest BCUT2D eigenvalue weighted by Crippen LogP contribution is 2.28. The van der Waals surface area contributed by atoms with E-state index < -0.39 is 11.9 Å². The van der Waals surface area contributed by atoms with Gasteiger partial charge in [0, 0.05) is 5.69 Å². The zero-order valence-corrected chi connectivity index (χ0v) is 15.7. The molecule has 0 aliphatic heterocycles. The summed E-state index contributed by atoms with van der Waals surface area (Å²) in [6.07, 6.45) is 0. The zero-order chi connectivity index (χ0) is 18.9. The number of nitrogens with zero attached hydrogens (tertiary/aromatic N) is 3. The number of anilines is 1. The molecule has 0 atom stereocenters. The molecule has 8 heteroatoms. The summed E-state index contributed by atoms with van der Waals surface area (Å²) in [5.74, 6) is -0.552. The van der Waals surface area contributed by atoms with Gasteiger partial charge in [0.25, 0.3) is 5.91 Å². The molecule has 0 radical (unpaired) electrons. The highest BCUT2D eigenvalue weighted by atomic mass is 35.5. The van der Waals surface area contributed by atoms with E-state index in [0.29, 0.717) is 16.3 Å². The molecule has 0 aliphatic carbocycles. The van der Waals surface area contributed by atoms with Crippen LogP contribution in [-0.4, -0.2) is 21.7 Å². The van der Waals surface area contributed by atoms with Crippen LogP contribution in [0.25, 0.3) is 0 Å². The first-order chi connectivity index (χ1) is 11.5. The Bertz CT molecular complexity index is 803. The minimum absolute atomic E-state index is 0.184. The second-order valence-electron chi connectivity index (χ2n) is 6.77. The number of amides is 3. The fourth-order valence-corrected chi connectivity index (χ4v) is 2.86. The minimum Gasteiger partial charge on any atom is -0.350 e. The van der Waals surface area contributed by atoms with Crippen molar-refractivity contribution in [3.63, 3.8) is 0 Å². The standard InChI is InChI=1S/C17H22ClN5O2/c1-10-7-6-8-12(18)14(10)22(16(19)25)21-15(24)13-9-11(2)23(20-13)17(3,4)5/h6-9H,1-5H3,(H2,19,25)(H,21,24). The van der Waals surface area contributed by atoms with E-state index in [2.05, 4.69) is 10.5 Å². The van der Waals surface area contributed by atoms with Gasteiger partial charge < -0.3 is 5.73 Å². The molecule has 3 N–H and O–H groups in total. The number of aryl methyl sites for hydroxylation is 2. The lowest BCUT2D eigenvalue weighted by molar-refractivity contribution is 0.0944. The molecule has 7 nitrogen and oxygen atoms in total. The zero-order valence-electron chi connectivity index (χ0n) is 14.9. The predicted octanol–water partition coefficient (Wildman–Crippen LogP) is 3.14. The number of hydrogen-bond acceptors (Lipinski definition) is 3. The van der Waals surface area contributed by atoms with Crippen LogP contribution in [0.5, 0.6) is 0 Å². The average Bonchev–Trinajstić information content (AvgIpc) is 2.87. The number of carbonyl (C=O) groups excluding carboxylic acids is 2. The van der Waals surface area contributed by atoms with Crippen LogP contribution in [0.3, 0.4) is 0 Å². The first-order valence-corrected chi connectivity index (χ1v) is 8.13. The van der Waals surface area contributed by atoms with E-state index in [-0.39, 0.29) is 11.2 Å². The van der Waals surface area contributed by atoms with Crippen molar-refractivity contribution in [3.8, 4) is 0 Å². The van der Waals surface area contributed by atoms with Gasteiger partial charge in [-0.1, -0.05) is 23.7 Å². The van der Waals surface area contributed by atoms with Gasteiger partial charge in [-0.15, -0.1) is 0 Å². The number of urea groups is 1. The molecular formula is C17H22ClN5O2. The third-order valence-corrected chi connectivity index (χ3v) is 3.91. The van der Waals surface area contributed by atoms with E-state index in [1.165, 1.54) is 0 Å². The van der Waals surface area contributed by atoms with Crippen molar-refractivity contribution in [2.24, 2.45) is 5.73 Å². The Balaban J connectivity index is 2.35. The maximum Gasteiger partial charge on any atom is 0.338 e. The van der Waals surface area contributed by atoms with Crippen LogP contribution in [0.2, 0.25) is 5.02 Å². The maximum absolute atomic E-state index is 12.6. The molecule has 1 aromatic carbocycles. The van der Waals surface area contributed by atoms with E-state index in [1.54, 1.807) is 35.9 Å². The molecule has 0 spiro atoms. The number of halogens is 1. The quantitative estimate of drug-likeness (QED) is 0.802. The highest BCUT2D eigenvalue weighted by Gasteiger charge is 2.24. The fraction of sp³-hybridized carbons (Fsp3) is 0.353. The molecule has 25 heavy (non-hydrogen) atoms. The lowest BCUT2D eigenvalue weighted by Crippen LogP contribution is -2.49. The fourth-order valence-electron chi connectivity index (χ4n) is 2.55. The normalized spacial score (nSPS) is 11.3. The Morgan fingerprint density at radius 2 is 1.92 bits per heavy atom. The second kappa shape index (κ2) is 6.76. The van der Waals surface area contributed by atoms with Crippen molar-refractivity contribution < 1.29 is 9.59 Å². The molecule has 0 aliphatic rings. The summed E-state index contributed by atoms with van der Waals surface area (Å²) in [6.45, 7) is 9.58. The van der Waals surface area contributed by atoms with Gasteiger partial charge in [-0.25, -0.2) is 9.80 Å². The van der Waals surface area contributed by atoms with E-state index >= 15 is 0 Å². The first-order valence-electron chi connectivity index (χ1n) is 7.75. The maximum atomic E-state index is 12.6. The van der Waals surface area contributed by atoms with E-state index in [1.807, 2.05) is 27.7 Å². The molecule has 0 saturated heterocycles. The van der Waals surface area contributed by atoms with E-state index in [0.717, 1.165) is 10.7 Å². The summed E-state index contributed by atoms with van der Waals surface area (Å²) in [5.41, 5.74) is 9.68. The number of benzene rings is 1. The molecule has 0 saturated carbocycles. The smallest absolute Gasteiger partial charge is 0.338 e. The summed E-state index contributed by atoms with van der Waals surface area (Å²) in [4.78, 5) is 24.4. The Hall–Kier alpha value is -2.54. The van der Waals surface area contributed by atoms with Gasteiger partial charge in [-0.2, -0.15) is 5.10 Å². The van der Waals surface area contributed by atoms with Crippen LogP contribution < -0.4 is 16.2 Å². The third kappa shape index (κ3) is 3.93. The van der Waals surface area contributed by atoms with Crippen molar-refractivity contribution in [2.45, 2.75) is 40.2 Å². The van der Waals surface area contributed by atoms with Crippen LogP contribution in [0.4, 0.5) is 10.5 Å². The summed E-state index contributed by atoms with van der Waals surface area (Å²) >= 11 is 6.17. The number of nitrogens with two attached hydrogens (primary N) is 1. The number of rotatable bonds is 2. The number of primary amides is 1. The summed E-state index contributed by atoms with van der Waals surface area (Å²) in [6, 6.07) is 5.93. The van der Waals surface area contributed by atoms with Crippen molar-refractivity contribution >= 4 is 29.2 Å². The second-order valence-corrected chi connectivity index (χ2v) is 7.18. The van der Waals surface area contributed by atoms with Gasteiger partial charge in [0.15, 0.2) is 5.69 Å². The Kier molecular flexibility index (Phi) is 5.08. The number of nitrogens with one attached hydrogen (secondary N) is 1. The van der Waals surface area contributed by atoms with Crippen LogP contribution in [0, 0.1) is 13.8 Å². The first kappa shape index (κ1) is 18.8. The molecule has 1 aromatic heterocycles. The number of hydrogen-bond donors (Lipinski definition) is 2. The van der Waals surface area contributed by atoms with Crippen LogP contribution in [-0.2, 0) is 5.54 Å². The Morgan fingerprint density at radius 3 is 2.40 bits per heavy atom. The number of hydrazine groups is 1. The molecule has 0 unspecified atom stereocenters. The van der Waals surface area contributed by atoms with Gasteiger partial charge in [0.1, 0.15) is 0 Å². The monoisotopic (exact) mass is 363 g/mol. The largest absolute Gasteiger partial charge is 0.350 e. The number of aromatic nitrogens is 2. The number of carbonyl (C=O) groups is 2. The highest BCUT2D eigenvalue weighted by molar-refractivity contribution is 6.34. The SMILES string of the molecule is Cc1cccc(Cl)c1N(NC(=O)c1cc(C)n(C(C)(C)C)n1)C(N)=O. The lowest BCUT2D eigenvalue weighted by Gasteiger charge is -2.23. The van der Waals surface area contributed by atoms with Crippen molar-refractivity contribution in [1.29, 1.82) is 0 Å². The molecule has 134 valence electrons. The molecule has 2 aromatic rings. The molecule has 2 rings (SSSR count). The van der Waals surface area contributed by atoms with E-state index in [4.69, 9.17) is 17.3 Å². The van der Waals surface area contributed by atoms with E-state index in [9.17, 15) is 9.59 Å². The van der Waals surface area contributed by atoms with Crippen LogP contribution >= 0.6 is 11.6 Å². The van der Waals surface area contributed by atoms with Crippen molar-refractivity contribution in [1.82, 2.24) is 15.2 Å². The van der Waals surface area contributed by atoms with Crippen LogP contribution in [0.15, 0.2) is 24.3 Å². The Labute approximate surface area is 151 Å². The van der Waals surface area contributed by atoms with Crippen molar-refractivity contribution in [2.75, 3.05) is 5.01 Å². The van der Waals surface area contributed by atoms with Gasteiger partial charge in [-0.05, 0) is 52.3 Å². The van der Waals surface area contributed by atoms with Crippen molar-refractivity contribution in [3.05, 3.63) is 46.2 Å². The molecule has 0 fully saturated rings. The third-order valence-electron chi connectivity index (χ3n) is 3.60. The van der Waals surface area contributed by atoms with Gasteiger partial charge >= 0.3 is 6.03 Å². The Morgan fingerprint density at radius 1 is 1.28 bits per heavy atom. The lowest BCUT2D eigenvalue weighted by atomic mass is 10.1.